The molecule has 0 aliphatic carbocycles. The molecule has 0 bridgehead atoms. The maximum Gasteiger partial charge on any atom is 0.274 e. The highest BCUT2D eigenvalue weighted by molar-refractivity contribution is 5.95. The molecule has 98 valence electrons. The molecule has 19 heavy (non-hydrogen) atoms. The van der Waals surface area contributed by atoms with Gasteiger partial charge in [0.25, 0.3) is 5.91 Å². The van der Waals surface area contributed by atoms with Crippen molar-refractivity contribution in [2.24, 2.45) is 5.10 Å². The van der Waals surface area contributed by atoms with Crippen LogP contribution >= 0.6 is 0 Å². The van der Waals surface area contributed by atoms with Crippen molar-refractivity contribution in [1.82, 2.24) is 5.43 Å². The number of rotatable bonds is 4. The quantitative estimate of drug-likeness (QED) is 0.677. The first-order valence-electron chi connectivity index (χ1n) is 5.76. The lowest BCUT2D eigenvalue weighted by Gasteiger charge is -1.97. The van der Waals surface area contributed by atoms with E-state index in [0.717, 1.165) is 11.3 Å². The van der Waals surface area contributed by atoms with Gasteiger partial charge in [-0.1, -0.05) is 0 Å². The van der Waals surface area contributed by atoms with Gasteiger partial charge in [0.2, 0.25) is 0 Å². The number of furan rings is 2. The van der Waals surface area contributed by atoms with Crippen molar-refractivity contribution < 1.29 is 13.6 Å². The van der Waals surface area contributed by atoms with Crippen LogP contribution in [0.1, 0.15) is 28.8 Å². The third-order valence-electron chi connectivity index (χ3n) is 2.45. The van der Waals surface area contributed by atoms with Gasteiger partial charge in [0.1, 0.15) is 11.5 Å². The third-order valence-corrected chi connectivity index (χ3v) is 2.45. The van der Waals surface area contributed by atoms with E-state index in [1.807, 2.05) is 19.1 Å². The molecular formula is C14H14N2O3. The summed E-state index contributed by atoms with van der Waals surface area (Å²) in [4.78, 5) is 11.7. The van der Waals surface area contributed by atoms with E-state index in [1.54, 1.807) is 31.5 Å². The molecule has 0 aliphatic heterocycles. The number of hydrogen-bond donors (Lipinski definition) is 1. The number of aryl methyl sites for hydroxylation is 1. The van der Waals surface area contributed by atoms with E-state index in [2.05, 4.69) is 10.5 Å². The molecule has 0 unspecified atom stereocenters. The van der Waals surface area contributed by atoms with Gasteiger partial charge in [-0.3, -0.25) is 4.79 Å². The number of allylic oxidation sites excluding steroid dienone is 1. The first-order chi connectivity index (χ1) is 9.16. The van der Waals surface area contributed by atoms with Gasteiger partial charge in [0, 0.05) is 0 Å². The predicted molar refractivity (Wildman–Crippen MR) is 71.8 cm³/mol. The molecule has 0 fully saturated rings. The minimum atomic E-state index is -0.298. The number of nitrogens with zero attached hydrogens (tertiary/aromatic N) is 1. The van der Waals surface area contributed by atoms with E-state index < -0.39 is 0 Å². The standard InChI is InChI=1S/C14H14N2O3/c1-10(8-12-4-3-6-19-12)9-15-16-14(17)13-5-7-18-11(13)2/h3-9H,1-2H3,(H,16,17)/b10-8+,15-9-. The summed E-state index contributed by atoms with van der Waals surface area (Å²) in [6.45, 7) is 3.59. The predicted octanol–water partition coefficient (Wildman–Crippen LogP) is 3.00. The Labute approximate surface area is 110 Å². The third kappa shape index (κ3) is 3.45. The number of hydrogen-bond acceptors (Lipinski definition) is 4. The summed E-state index contributed by atoms with van der Waals surface area (Å²) in [6.07, 6.45) is 6.43. The van der Waals surface area contributed by atoms with E-state index in [0.29, 0.717) is 11.3 Å². The SMILES string of the molecule is CC(/C=N\NC(=O)c1ccoc1C)=C\c1ccco1. The van der Waals surface area contributed by atoms with Crippen LogP contribution in [0.2, 0.25) is 0 Å². The molecule has 0 aromatic carbocycles. The van der Waals surface area contributed by atoms with Gasteiger partial charge >= 0.3 is 0 Å². The molecule has 2 aromatic rings. The summed E-state index contributed by atoms with van der Waals surface area (Å²) in [5.41, 5.74) is 3.77. The molecule has 0 atom stereocenters. The zero-order valence-corrected chi connectivity index (χ0v) is 10.7. The second-order valence-electron chi connectivity index (χ2n) is 3.99. The van der Waals surface area contributed by atoms with Crippen molar-refractivity contribution >= 4 is 18.2 Å². The Morgan fingerprint density at radius 3 is 2.79 bits per heavy atom. The van der Waals surface area contributed by atoms with Crippen LogP contribution in [0.15, 0.2) is 50.2 Å². The Morgan fingerprint density at radius 1 is 1.32 bits per heavy atom. The largest absolute Gasteiger partial charge is 0.469 e. The van der Waals surface area contributed by atoms with Gasteiger partial charge in [0.15, 0.2) is 0 Å². The molecule has 0 saturated heterocycles. The molecule has 1 amide bonds. The van der Waals surface area contributed by atoms with Gasteiger partial charge < -0.3 is 8.83 Å². The molecule has 5 heteroatoms. The van der Waals surface area contributed by atoms with Crippen molar-refractivity contribution in [1.29, 1.82) is 0 Å². The Balaban J connectivity index is 1.93. The summed E-state index contributed by atoms with van der Waals surface area (Å²) in [5, 5.41) is 3.87. The van der Waals surface area contributed by atoms with Crippen LogP contribution in [0.4, 0.5) is 0 Å². The highest BCUT2D eigenvalue weighted by atomic mass is 16.3. The molecule has 0 radical (unpaired) electrons. The van der Waals surface area contributed by atoms with Crippen LogP contribution in [0.5, 0.6) is 0 Å². The summed E-state index contributed by atoms with van der Waals surface area (Å²) in [7, 11) is 0. The fraction of sp³-hybridized carbons (Fsp3) is 0.143. The van der Waals surface area contributed by atoms with Gasteiger partial charge in [-0.25, -0.2) is 5.43 Å². The maximum absolute atomic E-state index is 11.7. The first-order valence-corrected chi connectivity index (χ1v) is 5.76. The first kappa shape index (κ1) is 12.9. The Kier molecular flexibility index (Phi) is 3.97. The van der Waals surface area contributed by atoms with E-state index >= 15 is 0 Å². The Morgan fingerprint density at radius 2 is 2.16 bits per heavy atom. The number of carbonyl (C=O) groups excluding carboxylic acids is 1. The van der Waals surface area contributed by atoms with Crippen molar-refractivity contribution in [3.8, 4) is 0 Å². The lowest BCUT2D eigenvalue weighted by Crippen LogP contribution is -2.17. The van der Waals surface area contributed by atoms with Crippen LogP contribution in [-0.4, -0.2) is 12.1 Å². The Hall–Kier alpha value is -2.56. The second kappa shape index (κ2) is 5.86. The molecule has 2 heterocycles. The normalized spacial score (nSPS) is 12.0. The van der Waals surface area contributed by atoms with Crippen molar-refractivity contribution in [2.45, 2.75) is 13.8 Å². The van der Waals surface area contributed by atoms with Crippen LogP contribution in [0, 0.1) is 6.92 Å². The molecular weight excluding hydrogens is 244 g/mol. The number of amides is 1. The highest BCUT2D eigenvalue weighted by Crippen LogP contribution is 2.08. The molecule has 1 N–H and O–H groups in total. The van der Waals surface area contributed by atoms with Gasteiger partial charge in [-0.05, 0) is 43.7 Å². The van der Waals surface area contributed by atoms with Gasteiger partial charge in [-0.2, -0.15) is 5.10 Å². The lowest BCUT2D eigenvalue weighted by atomic mass is 10.2. The van der Waals surface area contributed by atoms with Gasteiger partial charge in [-0.15, -0.1) is 0 Å². The minimum Gasteiger partial charge on any atom is -0.469 e. The van der Waals surface area contributed by atoms with E-state index in [-0.39, 0.29) is 5.91 Å². The molecule has 0 aliphatic rings. The van der Waals surface area contributed by atoms with E-state index in [1.165, 1.54) is 6.26 Å². The minimum absolute atomic E-state index is 0.298. The average Bonchev–Trinajstić information content (AvgIpc) is 3.00. The van der Waals surface area contributed by atoms with Crippen molar-refractivity contribution in [3.63, 3.8) is 0 Å². The van der Waals surface area contributed by atoms with Crippen LogP contribution < -0.4 is 5.43 Å². The van der Waals surface area contributed by atoms with E-state index in [9.17, 15) is 4.79 Å². The van der Waals surface area contributed by atoms with Crippen LogP contribution in [-0.2, 0) is 0 Å². The molecule has 2 aromatic heterocycles. The van der Waals surface area contributed by atoms with Gasteiger partial charge in [0.05, 0.1) is 24.3 Å². The van der Waals surface area contributed by atoms with Crippen LogP contribution in [0.25, 0.3) is 6.08 Å². The van der Waals surface area contributed by atoms with E-state index in [4.69, 9.17) is 8.83 Å². The summed E-state index contributed by atoms with van der Waals surface area (Å²) in [5.74, 6) is 1.00. The van der Waals surface area contributed by atoms with Crippen molar-refractivity contribution in [3.05, 3.63) is 53.4 Å². The Bertz CT molecular complexity index is 606. The summed E-state index contributed by atoms with van der Waals surface area (Å²) < 4.78 is 10.2. The highest BCUT2D eigenvalue weighted by Gasteiger charge is 2.09. The fourth-order valence-corrected chi connectivity index (χ4v) is 1.51. The maximum atomic E-state index is 11.7. The van der Waals surface area contributed by atoms with Crippen molar-refractivity contribution in [2.75, 3.05) is 0 Å². The number of nitrogens with one attached hydrogen (secondary N) is 1. The molecule has 5 nitrogen and oxygen atoms in total. The van der Waals surface area contributed by atoms with Crippen LogP contribution in [0.3, 0.4) is 0 Å². The zero-order valence-electron chi connectivity index (χ0n) is 10.7. The molecule has 0 spiro atoms. The topological polar surface area (TPSA) is 67.7 Å². The molecule has 2 rings (SSSR count). The zero-order chi connectivity index (χ0) is 13.7. The number of carbonyl (C=O) groups is 1. The molecule has 0 saturated carbocycles. The number of hydrazone groups is 1. The smallest absolute Gasteiger partial charge is 0.274 e. The average molecular weight is 258 g/mol. The second-order valence-corrected chi connectivity index (χ2v) is 3.99. The lowest BCUT2D eigenvalue weighted by molar-refractivity contribution is 0.0953. The monoisotopic (exact) mass is 258 g/mol. The fourth-order valence-electron chi connectivity index (χ4n) is 1.51. The summed E-state index contributed by atoms with van der Waals surface area (Å²) >= 11 is 0. The summed E-state index contributed by atoms with van der Waals surface area (Å²) in [6, 6.07) is 5.25.